The number of rotatable bonds is 6. The summed E-state index contributed by atoms with van der Waals surface area (Å²) in [4.78, 5) is 7.17. The average molecular weight is 402 g/mol. The van der Waals surface area contributed by atoms with Crippen LogP contribution in [0.5, 0.6) is 0 Å². The van der Waals surface area contributed by atoms with E-state index in [-0.39, 0.29) is 17.9 Å². The van der Waals surface area contributed by atoms with Gasteiger partial charge in [0.05, 0.1) is 31.4 Å². The summed E-state index contributed by atoms with van der Waals surface area (Å²) in [5.41, 5.74) is 1.01. The summed E-state index contributed by atoms with van der Waals surface area (Å²) in [6, 6.07) is 6.44. The Morgan fingerprint density at radius 2 is 2.00 bits per heavy atom. The first-order chi connectivity index (χ1) is 14.2. The second-order valence-electron chi connectivity index (χ2n) is 7.85. The molecule has 2 fully saturated rings. The van der Waals surface area contributed by atoms with E-state index >= 15 is 0 Å². The molecule has 6 nitrogen and oxygen atoms in total. The van der Waals surface area contributed by atoms with Crippen molar-refractivity contribution in [2.24, 2.45) is 4.99 Å². The van der Waals surface area contributed by atoms with Crippen LogP contribution in [-0.4, -0.2) is 55.8 Å². The van der Waals surface area contributed by atoms with Gasteiger partial charge in [0.15, 0.2) is 5.96 Å². The molecule has 7 heteroatoms. The summed E-state index contributed by atoms with van der Waals surface area (Å²) < 4.78 is 19.6. The first kappa shape index (κ1) is 21.5. The van der Waals surface area contributed by atoms with E-state index in [2.05, 4.69) is 26.6 Å². The van der Waals surface area contributed by atoms with Crippen LogP contribution in [-0.2, 0) is 11.3 Å². The zero-order valence-electron chi connectivity index (χ0n) is 17.3. The molecule has 1 aromatic carbocycles. The topological polar surface area (TPSA) is 72.7 Å². The van der Waals surface area contributed by atoms with Gasteiger partial charge >= 0.3 is 0 Å². The summed E-state index contributed by atoms with van der Waals surface area (Å²) in [6.45, 7) is 7.31. The molecule has 0 atom stereocenters. The molecule has 0 amide bonds. The summed E-state index contributed by atoms with van der Waals surface area (Å²) >= 11 is 0. The summed E-state index contributed by atoms with van der Waals surface area (Å²) in [6.07, 6.45) is 6.16. The predicted molar refractivity (Wildman–Crippen MR) is 112 cm³/mol. The van der Waals surface area contributed by atoms with Crippen molar-refractivity contribution < 1.29 is 9.13 Å². The lowest BCUT2D eigenvalue weighted by atomic mass is 9.80. The third kappa shape index (κ3) is 5.68. The molecule has 2 N–H and O–H groups in total. The Morgan fingerprint density at radius 1 is 1.24 bits per heavy atom. The molecular weight excluding hydrogens is 369 g/mol. The van der Waals surface area contributed by atoms with Gasteiger partial charge in [-0.1, -0.05) is 19.3 Å². The molecule has 1 saturated carbocycles. The second kappa shape index (κ2) is 10.6. The van der Waals surface area contributed by atoms with Gasteiger partial charge in [-0.2, -0.15) is 5.26 Å². The van der Waals surface area contributed by atoms with Crippen LogP contribution in [0.2, 0.25) is 0 Å². The van der Waals surface area contributed by atoms with Crippen LogP contribution in [0.1, 0.15) is 50.2 Å². The third-order valence-corrected chi connectivity index (χ3v) is 5.98. The molecular formula is C22H32FN5O. The fourth-order valence-electron chi connectivity index (χ4n) is 4.37. The van der Waals surface area contributed by atoms with Crippen LogP contribution in [0.15, 0.2) is 23.2 Å². The number of hydrogen-bond acceptors (Lipinski definition) is 4. The number of ether oxygens (including phenoxy) is 1. The van der Waals surface area contributed by atoms with E-state index in [1.54, 1.807) is 6.07 Å². The van der Waals surface area contributed by atoms with Crippen molar-refractivity contribution in [3.63, 3.8) is 0 Å². The first-order valence-corrected chi connectivity index (χ1v) is 10.7. The van der Waals surface area contributed by atoms with Gasteiger partial charge in [0.25, 0.3) is 0 Å². The van der Waals surface area contributed by atoms with Crippen LogP contribution in [0.3, 0.4) is 0 Å². The predicted octanol–water partition coefficient (Wildman–Crippen LogP) is 2.79. The van der Waals surface area contributed by atoms with Crippen molar-refractivity contribution in [2.45, 2.75) is 51.1 Å². The van der Waals surface area contributed by atoms with Crippen molar-refractivity contribution in [3.05, 3.63) is 35.1 Å². The fraction of sp³-hybridized carbons (Fsp3) is 0.636. The first-order valence-electron chi connectivity index (χ1n) is 10.7. The Balaban J connectivity index is 1.70. The number of hydrogen-bond donors (Lipinski definition) is 2. The minimum absolute atomic E-state index is 0.129. The van der Waals surface area contributed by atoms with Gasteiger partial charge < -0.3 is 15.4 Å². The molecule has 1 saturated heterocycles. The molecule has 0 spiro atoms. The Kier molecular flexibility index (Phi) is 7.84. The quantitative estimate of drug-likeness (QED) is 0.566. The van der Waals surface area contributed by atoms with Crippen LogP contribution >= 0.6 is 0 Å². The maximum absolute atomic E-state index is 14.1. The Hall–Kier alpha value is -2.17. The molecule has 0 aromatic heterocycles. The average Bonchev–Trinajstić information content (AvgIpc) is 2.78. The van der Waals surface area contributed by atoms with Crippen LogP contribution < -0.4 is 10.6 Å². The van der Waals surface area contributed by atoms with Crippen LogP contribution in [0, 0.1) is 17.1 Å². The zero-order chi connectivity index (χ0) is 20.5. The summed E-state index contributed by atoms with van der Waals surface area (Å²) in [5.74, 6) is 0.355. The van der Waals surface area contributed by atoms with E-state index in [1.165, 1.54) is 44.2 Å². The van der Waals surface area contributed by atoms with Crippen LogP contribution in [0.25, 0.3) is 0 Å². The Morgan fingerprint density at radius 3 is 2.69 bits per heavy atom. The zero-order valence-corrected chi connectivity index (χ0v) is 17.3. The minimum atomic E-state index is -0.333. The van der Waals surface area contributed by atoms with Crippen molar-refractivity contribution in [1.82, 2.24) is 15.5 Å². The fourth-order valence-corrected chi connectivity index (χ4v) is 4.37. The monoisotopic (exact) mass is 401 g/mol. The summed E-state index contributed by atoms with van der Waals surface area (Å²) in [7, 11) is 0. The van der Waals surface area contributed by atoms with Gasteiger partial charge in [-0.25, -0.2) is 9.38 Å². The lowest BCUT2D eigenvalue weighted by molar-refractivity contribution is -0.0352. The highest BCUT2D eigenvalue weighted by Gasteiger charge is 2.38. The number of guanidine groups is 1. The van der Waals surface area contributed by atoms with Crippen molar-refractivity contribution in [1.29, 1.82) is 5.26 Å². The van der Waals surface area contributed by atoms with E-state index in [1.807, 2.05) is 6.92 Å². The second-order valence-corrected chi connectivity index (χ2v) is 7.85. The SMILES string of the molecule is CCNC(=NCc1cc(C#N)ccc1F)NCC1(N2CCOCC2)CCCCC1. The molecule has 2 aliphatic rings. The smallest absolute Gasteiger partial charge is 0.191 e. The molecule has 0 radical (unpaired) electrons. The molecule has 29 heavy (non-hydrogen) atoms. The third-order valence-electron chi connectivity index (χ3n) is 5.98. The standard InChI is InChI=1S/C22H32FN5O/c1-2-25-21(26-16-19-14-18(15-24)6-7-20(19)23)27-17-22(8-4-3-5-9-22)28-10-12-29-13-11-28/h6-7,14H,2-5,8-13,16-17H2,1H3,(H2,25,26,27). The van der Waals surface area contributed by atoms with E-state index in [0.29, 0.717) is 17.1 Å². The number of halogens is 1. The lowest BCUT2D eigenvalue weighted by Crippen LogP contribution is -2.60. The molecule has 0 bridgehead atoms. The highest BCUT2D eigenvalue weighted by atomic mass is 19.1. The maximum Gasteiger partial charge on any atom is 0.191 e. The largest absolute Gasteiger partial charge is 0.379 e. The van der Waals surface area contributed by atoms with Gasteiger partial charge in [0, 0.05) is 37.3 Å². The minimum Gasteiger partial charge on any atom is -0.379 e. The van der Waals surface area contributed by atoms with Gasteiger partial charge in [-0.05, 0) is 38.0 Å². The van der Waals surface area contributed by atoms with Crippen molar-refractivity contribution >= 4 is 5.96 Å². The molecule has 1 aliphatic carbocycles. The number of aliphatic imine (C=N–C) groups is 1. The van der Waals surface area contributed by atoms with E-state index in [4.69, 9.17) is 10.00 Å². The van der Waals surface area contributed by atoms with Gasteiger partial charge in [0.1, 0.15) is 5.82 Å². The van der Waals surface area contributed by atoms with E-state index < -0.39 is 0 Å². The molecule has 1 aromatic rings. The van der Waals surface area contributed by atoms with Gasteiger partial charge in [-0.3, -0.25) is 4.90 Å². The molecule has 158 valence electrons. The van der Waals surface area contributed by atoms with Crippen molar-refractivity contribution in [2.75, 3.05) is 39.4 Å². The molecule has 1 heterocycles. The number of benzene rings is 1. The number of morpholine rings is 1. The highest BCUT2D eigenvalue weighted by Crippen LogP contribution is 2.33. The summed E-state index contributed by atoms with van der Waals surface area (Å²) in [5, 5.41) is 15.8. The normalized spacial score (nSPS) is 20.1. The lowest BCUT2D eigenvalue weighted by Gasteiger charge is -2.48. The molecule has 3 rings (SSSR count). The van der Waals surface area contributed by atoms with E-state index in [0.717, 1.165) is 39.4 Å². The maximum atomic E-state index is 14.1. The number of nitriles is 1. The van der Waals surface area contributed by atoms with Crippen LogP contribution in [0.4, 0.5) is 4.39 Å². The number of nitrogens with one attached hydrogen (secondary N) is 2. The number of nitrogens with zero attached hydrogens (tertiary/aromatic N) is 3. The molecule has 1 aliphatic heterocycles. The highest BCUT2D eigenvalue weighted by molar-refractivity contribution is 5.79. The molecule has 0 unspecified atom stereocenters. The van der Waals surface area contributed by atoms with Gasteiger partial charge in [-0.15, -0.1) is 0 Å². The van der Waals surface area contributed by atoms with Crippen molar-refractivity contribution in [3.8, 4) is 6.07 Å². The van der Waals surface area contributed by atoms with E-state index in [9.17, 15) is 4.39 Å². The van der Waals surface area contributed by atoms with Gasteiger partial charge in [0.2, 0.25) is 0 Å². The Labute approximate surface area is 173 Å². The Bertz CT molecular complexity index is 733.